The van der Waals surface area contributed by atoms with Crippen LogP contribution < -0.4 is 0 Å². The van der Waals surface area contributed by atoms with Gasteiger partial charge in [0.05, 0.1) is 27.6 Å². The minimum Gasteiger partial charge on any atom is -0.264 e. The lowest BCUT2D eigenvalue weighted by Gasteiger charge is -1.98. The van der Waals surface area contributed by atoms with Crippen molar-refractivity contribution in [1.29, 1.82) is 0 Å². The van der Waals surface area contributed by atoms with Gasteiger partial charge in [-0.2, -0.15) is 0 Å². The van der Waals surface area contributed by atoms with Gasteiger partial charge in [0.1, 0.15) is 6.33 Å². The summed E-state index contributed by atoms with van der Waals surface area (Å²) in [7, 11) is 0. The molecule has 0 bridgehead atoms. The van der Waals surface area contributed by atoms with Crippen LogP contribution in [0.5, 0.6) is 0 Å². The minimum absolute atomic E-state index is 0.957. The van der Waals surface area contributed by atoms with Crippen molar-refractivity contribution in [3.63, 3.8) is 0 Å². The van der Waals surface area contributed by atoms with Gasteiger partial charge in [-0.15, -0.1) is 0 Å². The summed E-state index contributed by atoms with van der Waals surface area (Å²) < 4.78 is 0. The number of pyridine rings is 3. The fourth-order valence-electron chi connectivity index (χ4n) is 5.94. The molecule has 55 heavy (non-hydrogen) atoms. The monoisotopic (exact) mass is 717 g/mol. The molecule has 0 atom stereocenters. The molecule has 0 aliphatic carbocycles. The highest BCUT2D eigenvalue weighted by Gasteiger charge is 1.96. The fraction of sp³-hybridized carbons (Fsp3) is 0.104. The first-order valence-electron chi connectivity index (χ1n) is 18.1. The molecule has 0 aliphatic heterocycles. The Kier molecular flexibility index (Phi) is 12.8. The molecule has 10 aromatic rings. The summed E-state index contributed by atoms with van der Waals surface area (Å²) in [4.78, 5) is 29.0. The SMILES string of the molecule is Cc1ccc2cncnc2c1.Cc1ccc2nccnc2c1.Cc1cccc2cccnc12.Cc1cccc2ccncc12.Cc1cccc2ncccc12. The number of aryl methyl sites for hydroxylation is 5. The van der Waals surface area contributed by atoms with Gasteiger partial charge in [-0.05, 0) is 110 Å². The molecule has 0 N–H and O–H groups in total. The van der Waals surface area contributed by atoms with Gasteiger partial charge in [0.25, 0.3) is 0 Å². The highest BCUT2D eigenvalue weighted by molar-refractivity contribution is 5.84. The number of nitrogens with zero attached hydrogens (tertiary/aromatic N) is 7. The molecule has 7 nitrogen and oxygen atoms in total. The van der Waals surface area contributed by atoms with Crippen LogP contribution in [-0.2, 0) is 0 Å². The van der Waals surface area contributed by atoms with Crippen molar-refractivity contribution in [2.75, 3.05) is 0 Å². The molecule has 10 rings (SSSR count). The maximum absolute atomic E-state index is 4.28. The van der Waals surface area contributed by atoms with Gasteiger partial charge in [0.15, 0.2) is 0 Å². The van der Waals surface area contributed by atoms with Crippen molar-refractivity contribution in [3.05, 3.63) is 199 Å². The predicted octanol–water partition coefficient (Wildman–Crippen LogP) is 11.5. The number of hydrogen-bond acceptors (Lipinski definition) is 7. The summed E-state index contributed by atoms with van der Waals surface area (Å²) in [5, 5.41) is 6.07. The Morgan fingerprint density at radius 1 is 0.345 bits per heavy atom. The van der Waals surface area contributed by atoms with Crippen LogP contribution in [0.1, 0.15) is 27.8 Å². The number of fused-ring (bicyclic) bond motifs is 5. The molecule has 0 amide bonds. The number of benzene rings is 5. The lowest BCUT2D eigenvalue weighted by molar-refractivity contribution is 1.22. The van der Waals surface area contributed by atoms with Gasteiger partial charge in [0, 0.05) is 64.9 Å². The van der Waals surface area contributed by atoms with Crippen LogP contribution in [0.15, 0.2) is 171 Å². The Labute approximate surface area is 321 Å². The van der Waals surface area contributed by atoms with Crippen LogP contribution in [0.3, 0.4) is 0 Å². The number of aromatic nitrogens is 7. The highest BCUT2D eigenvalue weighted by Crippen LogP contribution is 2.17. The van der Waals surface area contributed by atoms with E-state index in [-0.39, 0.29) is 0 Å². The molecule has 5 aromatic carbocycles. The summed E-state index contributed by atoms with van der Waals surface area (Å²) in [6, 6.07) is 41.0. The molecular formula is C48H43N7. The number of para-hydroxylation sites is 1. The Balaban J connectivity index is 0.000000117. The third-order valence-corrected chi connectivity index (χ3v) is 8.89. The van der Waals surface area contributed by atoms with Crippen molar-refractivity contribution < 1.29 is 0 Å². The van der Waals surface area contributed by atoms with Crippen molar-refractivity contribution in [2.45, 2.75) is 34.6 Å². The number of rotatable bonds is 0. The van der Waals surface area contributed by atoms with Crippen LogP contribution in [0.4, 0.5) is 0 Å². The molecule has 270 valence electrons. The molecule has 0 saturated heterocycles. The Bertz CT molecular complexity index is 2510. The second-order valence-corrected chi connectivity index (χ2v) is 13.1. The van der Waals surface area contributed by atoms with Crippen molar-refractivity contribution in [1.82, 2.24) is 34.9 Å². The third-order valence-electron chi connectivity index (χ3n) is 8.89. The topological polar surface area (TPSA) is 90.2 Å². The van der Waals surface area contributed by atoms with E-state index in [0.29, 0.717) is 0 Å². The van der Waals surface area contributed by atoms with E-state index in [0.717, 1.165) is 33.0 Å². The zero-order valence-electron chi connectivity index (χ0n) is 31.8. The van der Waals surface area contributed by atoms with E-state index in [1.807, 2.05) is 92.5 Å². The zero-order chi connectivity index (χ0) is 38.4. The molecule has 0 spiro atoms. The highest BCUT2D eigenvalue weighted by atomic mass is 14.8. The van der Waals surface area contributed by atoms with E-state index in [9.17, 15) is 0 Å². The third kappa shape index (κ3) is 10.3. The van der Waals surface area contributed by atoms with Crippen molar-refractivity contribution in [2.24, 2.45) is 0 Å². The molecule has 5 heterocycles. The smallest absolute Gasteiger partial charge is 0.116 e. The largest absolute Gasteiger partial charge is 0.264 e. The summed E-state index contributed by atoms with van der Waals surface area (Å²) in [5.74, 6) is 0. The number of hydrogen-bond donors (Lipinski definition) is 0. The summed E-state index contributed by atoms with van der Waals surface area (Å²) in [6.07, 6.45) is 14.2. The van der Waals surface area contributed by atoms with Crippen LogP contribution >= 0.6 is 0 Å². The average Bonchev–Trinajstić information content (AvgIpc) is 3.22. The first-order chi connectivity index (χ1) is 26.9. The molecule has 0 radical (unpaired) electrons. The fourth-order valence-corrected chi connectivity index (χ4v) is 5.94. The average molecular weight is 718 g/mol. The maximum Gasteiger partial charge on any atom is 0.116 e. The molecule has 0 fully saturated rings. The Morgan fingerprint density at radius 3 is 1.76 bits per heavy atom. The van der Waals surface area contributed by atoms with E-state index >= 15 is 0 Å². The van der Waals surface area contributed by atoms with Gasteiger partial charge >= 0.3 is 0 Å². The second kappa shape index (κ2) is 18.7. The van der Waals surface area contributed by atoms with Gasteiger partial charge in [-0.25, -0.2) is 9.97 Å². The summed E-state index contributed by atoms with van der Waals surface area (Å²) in [6.45, 7) is 10.4. The van der Waals surface area contributed by atoms with Crippen LogP contribution in [-0.4, -0.2) is 34.9 Å². The predicted molar refractivity (Wildman–Crippen MR) is 228 cm³/mol. The molecule has 7 heteroatoms. The van der Waals surface area contributed by atoms with E-state index in [1.54, 1.807) is 18.7 Å². The van der Waals surface area contributed by atoms with E-state index in [1.165, 1.54) is 49.4 Å². The van der Waals surface area contributed by atoms with E-state index in [2.05, 4.69) is 129 Å². The Morgan fingerprint density at radius 2 is 0.982 bits per heavy atom. The van der Waals surface area contributed by atoms with Gasteiger partial charge < -0.3 is 0 Å². The Hall–Kier alpha value is -6.99. The molecule has 5 aromatic heterocycles. The first-order valence-corrected chi connectivity index (χ1v) is 18.1. The van der Waals surface area contributed by atoms with Crippen LogP contribution in [0, 0.1) is 34.6 Å². The van der Waals surface area contributed by atoms with Gasteiger partial charge in [0.2, 0.25) is 0 Å². The van der Waals surface area contributed by atoms with Crippen LogP contribution in [0.25, 0.3) is 54.5 Å². The normalized spacial score (nSPS) is 10.3. The molecule has 0 unspecified atom stereocenters. The summed E-state index contributed by atoms with van der Waals surface area (Å²) in [5.41, 5.74) is 11.4. The quantitative estimate of drug-likeness (QED) is 0.154. The molecule has 0 saturated carbocycles. The molecular weight excluding hydrogens is 675 g/mol. The van der Waals surface area contributed by atoms with Crippen molar-refractivity contribution >= 4 is 54.5 Å². The lowest BCUT2D eigenvalue weighted by atomic mass is 10.1. The van der Waals surface area contributed by atoms with Gasteiger partial charge in [-0.1, -0.05) is 78.9 Å². The second-order valence-electron chi connectivity index (χ2n) is 13.1. The molecule has 0 aliphatic rings. The van der Waals surface area contributed by atoms with E-state index < -0.39 is 0 Å². The zero-order valence-corrected chi connectivity index (χ0v) is 31.8. The first kappa shape index (κ1) is 37.8. The van der Waals surface area contributed by atoms with Crippen LogP contribution in [0.2, 0.25) is 0 Å². The lowest BCUT2D eigenvalue weighted by Crippen LogP contribution is -1.81. The minimum atomic E-state index is 0.957. The van der Waals surface area contributed by atoms with Gasteiger partial charge in [-0.3, -0.25) is 24.9 Å². The summed E-state index contributed by atoms with van der Waals surface area (Å²) >= 11 is 0. The van der Waals surface area contributed by atoms with Crippen molar-refractivity contribution in [3.8, 4) is 0 Å². The standard InChI is InChI=1S/3C10H9N.2C9H8N2/c1-8-4-2-6-10-9(8)5-3-7-11-10;1-8-4-2-5-9-6-3-7-11-10(8)9;1-8-3-2-4-9-5-6-11-7-10(8)9;1-7-2-3-8-5-10-6-11-9(8)4-7;1-7-2-3-8-9(6-7)11-5-4-10-8/h3*2-7H,1H3;2*2-6H,1H3. The van der Waals surface area contributed by atoms with E-state index in [4.69, 9.17) is 0 Å². The maximum atomic E-state index is 4.28.